The van der Waals surface area contributed by atoms with Gasteiger partial charge in [0.05, 0.1) is 33.5 Å². The number of ether oxygens (including phenoxy) is 3. The van der Waals surface area contributed by atoms with Gasteiger partial charge in [-0.15, -0.1) is 0 Å². The number of likely N-dealkylation sites (tertiary alicyclic amines) is 1. The summed E-state index contributed by atoms with van der Waals surface area (Å²) >= 11 is 0. The van der Waals surface area contributed by atoms with Crippen LogP contribution >= 0.6 is 0 Å². The van der Waals surface area contributed by atoms with Crippen LogP contribution in [0.1, 0.15) is 73.5 Å². The molecular weight excluding hydrogens is 681 g/mol. The zero-order valence-electron chi connectivity index (χ0n) is 32.5. The second-order valence-electron chi connectivity index (χ2n) is 16.8. The van der Waals surface area contributed by atoms with Gasteiger partial charge in [-0.05, 0) is 87.2 Å². The first kappa shape index (κ1) is 35.6. The number of allylic oxidation sites excluding steroid dienone is 1. The Morgan fingerprint density at radius 2 is 1.81 bits per heavy atom. The molecule has 54 heavy (non-hydrogen) atoms. The number of carbonyl (C=O) groups is 2. The molecule has 0 spiro atoms. The predicted molar refractivity (Wildman–Crippen MR) is 208 cm³/mol. The Labute approximate surface area is 317 Å². The fourth-order valence-electron chi connectivity index (χ4n) is 12.7. The maximum Gasteiger partial charge on any atom is 0.319 e. The third-order valence-corrected chi connectivity index (χ3v) is 14.8. The molecule has 2 aromatic heterocycles. The van der Waals surface area contributed by atoms with Gasteiger partial charge in [-0.1, -0.05) is 43.2 Å². The molecule has 4 aliphatic heterocycles. The van der Waals surface area contributed by atoms with Crippen LogP contribution in [-0.2, 0) is 37.3 Å². The number of hydrogen-bond donors (Lipinski definition) is 3. The van der Waals surface area contributed by atoms with E-state index in [1.54, 1.807) is 14.2 Å². The van der Waals surface area contributed by atoms with Crippen molar-refractivity contribution < 1.29 is 28.9 Å². The minimum absolute atomic E-state index is 0.0694. The van der Waals surface area contributed by atoms with Crippen molar-refractivity contribution in [1.82, 2.24) is 19.8 Å². The molecule has 6 heterocycles. The summed E-state index contributed by atoms with van der Waals surface area (Å²) in [5.41, 5.74) is 6.57. The Balaban J connectivity index is 1.34. The van der Waals surface area contributed by atoms with Gasteiger partial charge in [-0.25, -0.2) is 0 Å². The second-order valence-corrected chi connectivity index (χ2v) is 16.8. The summed E-state index contributed by atoms with van der Waals surface area (Å²) < 4.78 is 17.7. The molecule has 9 atom stereocenters. The van der Waals surface area contributed by atoms with Crippen molar-refractivity contribution >= 4 is 33.7 Å². The Morgan fingerprint density at radius 1 is 1.02 bits per heavy atom. The van der Waals surface area contributed by atoms with E-state index in [9.17, 15) is 14.7 Å². The number of benzene rings is 2. The second kappa shape index (κ2) is 13.0. The number of nitrogens with one attached hydrogen (secondary N) is 2. The summed E-state index contributed by atoms with van der Waals surface area (Å²) in [6.45, 7) is 6.58. The first-order chi connectivity index (χ1) is 26.2. The highest BCUT2D eigenvalue weighted by molar-refractivity contribution is 5.95. The van der Waals surface area contributed by atoms with E-state index >= 15 is 0 Å². The van der Waals surface area contributed by atoms with E-state index < -0.39 is 10.8 Å². The third-order valence-electron chi connectivity index (χ3n) is 14.8. The first-order valence-corrected chi connectivity index (χ1v) is 19.9. The van der Waals surface area contributed by atoms with Gasteiger partial charge in [0.2, 0.25) is 0 Å². The molecule has 10 heteroatoms. The number of fused-ring (bicyclic) bond motifs is 9. The number of carbonyl (C=O) groups excluding carboxylic acids is 2. The normalized spacial score (nSPS) is 33.8. The molecule has 2 aliphatic carbocycles. The molecular formula is C44H54N4O6. The third kappa shape index (κ3) is 4.62. The monoisotopic (exact) mass is 734 g/mol. The number of H-pyrrole nitrogens is 2. The van der Waals surface area contributed by atoms with Crippen molar-refractivity contribution in [2.45, 2.75) is 75.8 Å². The van der Waals surface area contributed by atoms with Crippen molar-refractivity contribution in [3.8, 4) is 5.75 Å². The number of aliphatic hydroxyl groups excluding tert-OH is 1. The lowest BCUT2D eigenvalue weighted by atomic mass is 9.56. The van der Waals surface area contributed by atoms with Crippen LogP contribution in [0, 0.1) is 23.2 Å². The van der Waals surface area contributed by atoms with Crippen LogP contribution in [0.15, 0.2) is 48.0 Å². The molecule has 3 saturated heterocycles. The Hall–Kier alpha value is -4.12. The van der Waals surface area contributed by atoms with Crippen LogP contribution in [0.2, 0.25) is 0 Å². The lowest BCUT2D eigenvalue weighted by Crippen LogP contribution is -2.67. The topological polar surface area (TPSA) is 120 Å². The molecule has 4 aromatic rings. The largest absolute Gasteiger partial charge is 0.496 e. The lowest BCUT2D eigenvalue weighted by Gasteiger charge is -2.57. The Kier molecular flexibility index (Phi) is 8.56. The van der Waals surface area contributed by atoms with E-state index in [1.807, 2.05) is 6.92 Å². The van der Waals surface area contributed by atoms with E-state index in [0.717, 1.165) is 94.4 Å². The highest BCUT2D eigenvalue weighted by Crippen LogP contribution is 2.58. The number of rotatable bonds is 6. The maximum absolute atomic E-state index is 14.4. The SMILES string of the molecule is C/C=C1/CN(C)[C@H]2Cc3c([nH]c4ccccc34)[C@H](c3c(OC)ccc4c5c([nH]c34)[C@]3(C(=O)OC)C[C@@H]4C[C@H](CC)[C@@H]3N(CC5)C4)C[C@H]1[C@@]2(CO)C(=O)OC. The van der Waals surface area contributed by atoms with Gasteiger partial charge >= 0.3 is 11.9 Å². The number of likely N-dealkylation sites (N-methyl/N-ethyl adjacent to an activating group) is 1. The van der Waals surface area contributed by atoms with Crippen molar-refractivity contribution in [2.24, 2.45) is 23.2 Å². The summed E-state index contributed by atoms with van der Waals surface area (Å²) in [6, 6.07) is 12.4. The van der Waals surface area contributed by atoms with E-state index in [-0.39, 0.29) is 42.5 Å². The van der Waals surface area contributed by atoms with Crippen molar-refractivity contribution in [3.63, 3.8) is 0 Å². The van der Waals surface area contributed by atoms with Crippen molar-refractivity contribution in [1.29, 1.82) is 0 Å². The van der Waals surface area contributed by atoms with Gasteiger partial charge in [0.1, 0.15) is 16.6 Å². The zero-order chi connectivity index (χ0) is 37.7. The number of esters is 2. The summed E-state index contributed by atoms with van der Waals surface area (Å²) in [7, 11) is 6.76. The summed E-state index contributed by atoms with van der Waals surface area (Å²) in [6.07, 6.45) is 6.99. The summed E-state index contributed by atoms with van der Waals surface area (Å²) in [4.78, 5) is 41.4. The lowest BCUT2D eigenvalue weighted by molar-refractivity contribution is -0.169. The molecule has 10 nitrogen and oxygen atoms in total. The molecule has 6 aliphatic rings. The molecule has 6 bridgehead atoms. The highest BCUT2D eigenvalue weighted by Gasteiger charge is 2.63. The minimum Gasteiger partial charge on any atom is -0.496 e. The number of aliphatic hydroxyl groups is 1. The summed E-state index contributed by atoms with van der Waals surface area (Å²) in [5.74, 6) is 0.479. The first-order valence-electron chi connectivity index (χ1n) is 19.9. The standard InChI is InChI=1S/C44H54N4O6/c1-7-25-17-24-20-43(41(50)53-5)39-29(15-16-48(21-24)40(25)43)28-13-14-34(52-4)36(38(28)46-39)31-18-32-26(8-2)22-47(3)35(44(32,23-49)42(51)54-6)19-30-27-11-9-10-12-33(27)45-37(30)31/h8-14,24-25,31-32,35,40,45-46,49H,7,15-23H2,1-6H3/b26-8-/t24-,25-,31-,32+,35-,40-,43+,44+/m0/s1. The van der Waals surface area contributed by atoms with Gasteiger partial charge in [-0.3, -0.25) is 19.4 Å². The molecule has 3 N–H and O–H groups in total. The maximum atomic E-state index is 14.4. The van der Waals surface area contributed by atoms with Crippen LogP contribution < -0.4 is 4.74 Å². The van der Waals surface area contributed by atoms with Gasteiger partial charge in [0.25, 0.3) is 0 Å². The van der Waals surface area contributed by atoms with E-state index in [4.69, 9.17) is 14.2 Å². The Bertz CT molecular complexity index is 2190. The van der Waals surface area contributed by atoms with Crippen molar-refractivity contribution in [3.05, 3.63) is 76.1 Å². The van der Waals surface area contributed by atoms with E-state index in [2.05, 4.69) is 76.2 Å². The Morgan fingerprint density at radius 3 is 2.54 bits per heavy atom. The number of para-hydroxylation sites is 1. The molecule has 0 amide bonds. The van der Waals surface area contributed by atoms with Crippen LogP contribution in [0.3, 0.4) is 0 Å². The van der Waals surface area contributed by atoms with Crippen LogP contribution in [0.25, 0.3) is 21.8 Å². The minimum atomic E-state index is -1.19. The van der Waals surface area contributed by atoms with Crippen LogP contribution in [0.4, 0.5) is 0 Å². The number of nitrogens with zero attached hydrogens (tertiary/aromatic N) is 2. The highest BCUT2D eigenvalue weighted by atomic mass is 16.5. The van der Waals surface area contributed by atoms with Crippen LogP contribution in [0.5, 0.6) is 5.75 Å². The molecule has 10 rings (SSSR count). The van der Waals surface area contributed by atoms with Crippen LogP contribution in [-0.4, -0.2) is 104 Å². The molecule has 2 aromatic carbocycles. The predicted octanol–water partition coefficient (Wildman–Crippen LogP) is 5.85. The van der Waals surface area contributed by atoms with E-state index in [1.165, 1.54) is 12.7 Å². The smallest absolute Gasteiger partial charge is 0.319 e. The molecule has 286 valence electrons. The van der Waals surface area contributed by atoms with E-state index in [0.29, 0.717) is 31.2 Å². The number of aromatic nitrogens is 2. The average Bonchev–Trinajstić information content (AvgIpc) is 3.73. The number of hydrogen-bond acceptors (Lipinski definition) is 8. The number of piperidine rings is 3. The van der Waals surface area contributed by atoms with Gasteiger partial charge in [0.15, 0.2) is 0 Å². The molecule has 4 fully saturated rings. The molecule has 1 unspecified atom stereocenters. The quantitative estimate of drug-likeness (QED) is 0.167. The van der Waals surface area contributed by atoms with Crippen molar-refractivity contribution in [2.75, 3.05) is 54.6 Å². The number of aromatic amines is 2. The van der Waals surface area contributed by atoms with Gasteiger partial charge in [0, 0.05) is 76.8 Å². The van der Waals surface area contributed by atoms with Gasteiger partial charge in [-0.2, -0.15) is 0 Å². The summed E-state index contributed by atoms with van der Waals surface area (Å²) in [5, 5.41) is 13.7. The number of methoxy groups -OCH3 is 3. The fraction of sp³-hybridized carbons (Fsp3) is 0.545. The zero-order valence-corrected chi connectivity index (χ0v) is 32.5. The molecule has 0 radical (unpaired) electrons. The fourth-order valence-corrected chi connectivity index (χ4v) is 12.7. The molecule has 1 saturated carbocycles. The van der Waals surface area contributed by atoms with Gasteiger partial charge < -0.3 is 29.3 Å². The average molecular weight is 735 g/mol.